The lowest BCUT2D eigenvalue weighted by Crippen LogP contribution is -2.38. The zero-order valence-electron chi connectivity index (χ0n) is 17.0. The topological polar surface area (TPSA) is 114 Å². The number of benzene rings is 2. The van der Waals surface area contributed by atoms with Crippen LogP contribution < -0.4 is 15.4 Å². The Morgan fingerprint density at radius 1 is 1.13 bits per heavy atom. The van der Waals surface area contributed by atoms with Crippen LogP contribution in [0.4, 0.5) is 10.5 Å². The molecule has 2 aromatic rings. The van der Waals surface area contributed by atoms with Gasteiger partial charge in [0.2, 0.25) is 5.91 Å². The fourth-order valence-corrected chi connectivity index (χ4v) is 2.81. The van der Waals surface area contributed by atoms with Gasteiger partial charge in [-0.3, -0.25) is 9.59 Å². The third-order valence-electron chi connectivity index (χ3n) is 4.34. The molecule has 1 aliphatic rings. The number of carbonyl (C=O) groups is 4. The van der Waals surface area contributed by atoms with Crippen LogP contribution in [0.15, 0.2) is 54.2 Å². The normalized spacial score (nSPS) is 14.4. The molecule has 0 bridgehead atoms. The van der Waals surface area contributed by atoms with E-state index in [1.54, 1.807) is 42.5 Å². The van der Waals surface area contributed by atoms with E-state index in [2.05, 4.69) is 15.4 Å². The number of hydrogen-bond acceptors (Lipinski definition) is 6. The van der Waals surface area contributed by atoms with Gasteiger partial charge in [-0.05, 0) is 48.4 Å². The fraction of sp³-hybridized carbons (Fsp3) is 0.182. The van der Waals surface area contributed by atoms with Gasteiger partial charge in [0, 0.05) is 5.69 Å². The van der Waals surface area contributed by atoms with E-state index in [0.717, 1.165) is 10.5 Å². The van der Waals surface area contributed by atoms with E-state index in [9.17, 15) is 19.2 Å². The Hall–Kier alpha value is -4.14. The monoisotopic (exact) mass is 423 g/mol. The second-order valence-electron chi connectivity index (χ2n) is 6.73. The molecule has 9 nitrogen and oxygen atoms in total. The number of nitrogens with zero attached hydrogens (tertiary/aromatic N) is 1. The van der Waals surface area contributed by atoms with Gasteiger partial charge < -0.3 is 20.1 Å². The molecule has 3 rings (SSSR count). The van der Waals surface area contributed by atoms with Gasteiger partial charge in [0.25, 0.3) is 5.91 Å². The highest BCUT2D eigenvalue weighted by molar-refractivity contribution is 6.15. The molecule has 2 aromatic carbocycles. The summed E-state index contributed by atoms with van der Waals surface area (Å²) in [7, 11) is 1.27. The highest BCUT2D eigenvalue weighted by Gasteiger charge is 2.34. The van der Waals surface area contributed by atoms with E-state index in [-0.39, 0.29) is 12.3 Å². The molecule has 1 aliphatic heterocycles. The molecular formula is C22H21N3O6. The van der Waals surface area contributed by atoms with Gasteiger partial charge >= 0.3 is 12.0 Å². The van der Waals surface area contributed by atoms with Crippen LogP contribution in [-0.2, 0) is 19.1 Å². The number of methoxy groups -OCH3 is 1. The van der Waals surface area contributed by atoms with Gasteiger partial charge in [-0.2, -0.15) is 0 Å². The molecule has 0 spiro atoms. The minimum Gasteiger partial charge on any atom is -0.482 e. The van der Waals surface area contributed by atoms with E-state index in [1.807, 2.05) is 13.0 Å². The lowest BCUT2D eigenvalue weighted by Gasteiger charge is -2.12. The van der Waals surface area contributed by atoms with Crippen LogP contribution in [0.3, 0.4) is 0 Å². The molecule has 0 aliphatic carbocycles. The first-order valence-electron chi connectivity index (χ1n) is 9.36. The molecule has 9 heteroatoms. The number of nitrogens with one attached hydrogen (secondary N) is 2. The van der Waals surface area contributed by atoms with Crippen LogP contribution in [0.25, 0.3) is 6.08 Å². The van der Waals surface area contributed by atoms with Crippen molar-refractivity contribution < 1.29 is 28.7 Å². The average molecular weight is 423 g/mol. The third kappa shape index (κ3) is 5.69. The minimum absolute atomic E-state index is 0.0524. The third-order valence-corrected chi connectivity index (χ3v) is 4.34. The predicted octanol–water partition coefficient (Wildman–Crippen LogP) is 2.08. The smallest absolute Gasteiger partial charge is 0.343 e. The molecule has 0 aromatic heterocycles. The van der Waals surface area contributed by atoms with Crippen molar-refractivity contribution in [1.29, 1.82) is 0 Å². The summed E-state index contributed by atoms with van der Waals surface area (Å²) in [6.45, 7) is 1.27. The van der Waals surface area contributed by atoms with Gasteiger partial charge in [0.15, 0.2) is 6.61 Å². The van der Waals surface area contributed by atoms with Gasteiger partial charge in [0.05, 0.1) is 7.11 Å². The number of imide groups is 1. The van der Waals surface area contributed by atoms with Crippen molar-refractivity contribution in [2.45, 2.75) is 6.92 Å². The Bertz CT molecular complexity index is 1050. The molecule has 0 unspecified atom stereocenters. The van der Waals surface area contributed by atoms with E-state index in [1.165, 1.54) is 13.2 Å². The first-order chi connectivity index (χ1) is 14.9. The SMILES string of the molecule is COC(=O)COc1ccc(/C=C2\NC(=O)N(CC(=O)Nc3cccc(C)c3)C2=O)cc1. The van der Waals surface area contributed by atoms with Crippen molar-refractivity contribution in [2.75, 3.05) is 25.6 Å². The summed E-state index contributed by atoms with van der Waals surface area (Å²) in [5.74, 6) is -1.14. The number of hydrogen-bond donors (Lipinski definition) is 2. The molecule has 0 atom stereocenters. The second kappa shape index (κ2) is 9.57. The molecule has 2 N–H and O–H groups in total. The maximum atomic E-state index is 12.6. The average Bonchev–Trinajstić information content (AvgIpc) is 3.00. The molecule has 160 valence electrons. The number of anilines is 1. The maximum Gasteiger partial charge on any atom is 0.343 e. The number of amides is 4. The summed E-state index contributed by atoms with van der Waals surface area (Å²) in [5.41, 5.74) is 2.23. The lowest BCUT2D eigenvalue weighted by atomic mass is 10.2. The Morgan fingerprint density at radius 2 is 1.87 bits per heavy atom. The summed E-state index contributed by atoms with van der Waals surface area (Å²) in [4.78, 5) is 48.9. The zero-order valence-corrected chi connectivity index (χ0v) is 17.0. The maximum absolute atomic E-state index is 12.6. The summed E-state index contributed by atoms with van der Waals surface area (Å²) >= 11 is 0. The van der Waals surface area contributed by atoms with Crippen LogP contribution in [-0.4, -0.2) is 49.0 Å². The van der Waals surface area contributed by atoms with Gasteiger partial charge in [-0.1, -0.05) is 24.3 Å². The number of carbonyl (C=O) groups excluding carboxylic acids is 4. The van der Waals surface area contributed by atoms with Gasteiger partial charge in [-0.25, -0.2) is 14.5 Å². The van der Waals surface area contributed by atoms with Crippen molar-refractivity contribution in [2.24, 2.45) is 0 Å². The quantitative estimate of drug-likeness (QED) is 0.400. The largest absolute Gasteiger partial charge is 0.482 e. The van der Waals surface area contributed by atoms with E-state index >= 15 is 0 Å². The van der Waals surface area contributed by atoms with Crippen LogP contribution in [0.1, 0.15) is 11.1 Å². The number of urea groups is 1. The van der Waals surface area contributed by atoms with Crippen LogP contribution in [0, 0.1) is 6.92 Å². The standard InChI is InChI=1S/C22H21N3O6/c1-14-4-3-5-16(10-14)23-19(26)12-25-21(28)18(24-22(25)29)11-15-6-8-17(9-7-15)31-13-20(27)30-2/h3-11H,12-13H2,1-2H3,(H,23,26)(H,24,29)/b18-11-. The van der Waals surface area contributed by atoms with E-state index in [0.29, 0.717) is 17.0 Å². The van der Waals surface area contributed by atoms with Gasteiger partial charge in [0.1, 0.15) is 18.0 Å². The highest BCUT2D eigenvalue weighted by Crippen LogP contribution is 2.18. The van der Waals surface area contributed by atoms with Crippen molar-refractivity contribution in [3.63, 3.8) is 0 Å². The molecule has 0 saturated carbocycles. The summed E-state index contributed by atoms with van der Waals surface area (Å²) < 4.78 is 9.75. The highest BCUT2D eigenvalue weighted by atomic mass is 16.6. The predicted molar refractivity (Wildman–Crippen MR) is 112 cm³/mol. The Kier molecular flexibility index (Phi) is 6.66. The molecule has 1 heterocycles. The van der Waals surface area contributed by atoms with Crippen molar-refractivity contribution in [1.82, 2.24) is 10.2 Å². The van der Waals surface area contributed by atoms with Crippen molar-refractivity contribution in [3.8, 4) is 5.75 Å². The molecule has 4 amide bonds. The molecule has 1 fully saturated rings. The second-order valence-corrected chi connectivity index (χ2v) is 6.73. The van der Waals surface area contributed by atoms with E-state index in [4.69, 9.17) is 4.74 Å². The van der Waals surface area contributed by atoms with Crippen molar-refractivity contribution in [3.05, 3.63) is 65.4 Å². The Morgan fingerprint density at radius 3 is 2.55 bits per heavy atom. The Labute approximate surface area is 178 Å². The first kappa shape index (κ1) is 21.6. The first-order valence-corrected chi connectivity index (χ1v) is 9.36. The minimum atomic E-state index is -0.673. The summed E-state index contributed by atoms with van der Waals surface area (Å²) in [6.07, 6.45) is 1.49. The van der Waals surface area contributed by atoms with E-state index < -0.39 is 30.4 Å². The number of esters is 1. The number of rotatable bonds is 7. The van der Waals surface area contributed by atoms with Crippen LogP contribution >= 0.6 is 0 Å². The Balaban J connectivity index is 1.62. The van der Waals surface area contributed by atoms with Crippen LogP contribution in [0.2, 0.25) is 0 Å². The fourth-order valence-electron chi connectivity index (χ4n) is 2.81. The molecule has 0 radical (unpaired) electrons. The number of ether oxygens (including phenoxy) is 2. The summed E-state index contributed by atoms with van der Waals surface area (Å²) in [6, 6.07) is 13.1. The lowest BCUT2D eigenvalue weighted by molar-refractivity contribution is -0.142. The zero-order chi connectivity index (χ0) is 22.4. The molecule has 31 heavy (non-hydrogen) atoms. The number of aryl methyl sites for hydroxylation is 1. The molecule has 1 saturated heterocycles. The summed E-state index contributed by atoms with van der Waals surface area (Å²) in [5, 5.41) is 5.14. The van der Waals surface area contributed by atoms with Crippen molar-refractivity contribution >= 4 is 35.6 Å². The molecular weight excluding hydrogens is 402 g/mol. The van der Waals surface area contributed by atoms with Crippen LogP contribution in [0.5, 0.6) is 5.75 Å². The van der Waals surface area contributed by atoms with Gasteiger partial charge in [-0.15, -0.1) is 0 Å².